The molecule has 0 spiro atoms. The third-order valence-electron chi connectivity index (χ3n) is 1.45. The minimum absolute atomic E-state index is 1.65. The fourth-order valence-electron chi connectivity index (χ4n) is 0.690. The number of carboxylic acid groups (broad SMARTS) is 1. The number of aliphatic carboxylic acids is 1. The standard InChI is InChI=1S/C7H6F6O4/c8-3(1-2-6(9,10)11)7(12,13)17-5(16)4(14)15/h3H,1-2H2,(H,14,15). The Morgan fingerprint density at radius 3 is 2.00 bits per heavy atom. The Morgan fingerprint density at radius 2 is 1.65 bits per heavy atom. The molecular formula is C7H6F6O4. The van der Waals surface area contributed by atoms with Gasteiger partial charge in [-0.2, -0.15) is 22.0 Å². The molecule has 10 heteroatoms. The summed E-state index contributed by atoms with van der Waals surface area (Å²) in [6.45, 7) is 0. The molecular weight excluding hydrogens is 262 g/mol. The minimum atomic E-state index is -4.92. The van der Waals surface area contributed by atoms with Gasteiger partial charge in [0, 0.05) is 6.42 Å². The lowest BCUT2D eigenvalue weighted by Crippen LogP contribution is -2.38. The molecule has 1 unspecified atom stereocenters. The van der Waals surface area contributed by atoms with Crippen molar-refractivity contribution in [2.45, 2.75) is 31.3 Å². The summed E-state index contributed by atoms with van der Waals surface area (Å²) >= 11 is 0. The smallest absolute Gasteiger partial charge is 0.432 e. The van der Waals surface area contributed by atoms with E-state index < -0.39 is 43.2 Å². The maximum absolute atomic E-state index is 12.6. The van der Waals surface area contributed by atoms with Crippen LogP contribution in [0.1, 0.15) is 12.8 Å². The number of hydrogen-bond donors (Lipinski definition) is 1. The van der Waals surface area contributed by atoms with Gasteiger partial charge in [0.1, 0.15) is 0 Å². The van der Waals surface area contributed by atoms with Gasteiger partial charge in [-0.05, 0) is 6.42 Å². The van der Waals surface area contributed by atoms with Crippen LogP contribution in [0.15, 0.2) is 0 Å². The third-order valence-corrected chi connectivity index (χ3v) is 1.45. The summed E-state index contributed by atoms with van der Waals surface area (Å²) in [5.74, 6) is -4.86. The van der Waals surface area contributed by atoms with Crippen molar-refractivity contribution in [3.8, 4) is 0 Å². The molecule has 0 aliphatic heterocycles. The molecule has 0 heterocycles. The van der Waals surface area contributed by atoms with Gasteiger partial charge in [0.15, 0.2) is 0 Å². The molecule has 0 aliphatic rings. The van der Waals surface area contributed by atoms with Gasteiger partial charge in [-0.25, -0.2) is 14.0 Å². The average Bonchev–Trinajstić information content (AvgIpc) is 2.11. The number of ether oxygens (including phenoxy) is 1. The van der Waals surface area contributed by atoms with Crippen molar-refractivity contribution in [3.63, 3.8) is 0 Å². The number of rotatable bonds is 4. The first-order chi connectivity index (χ1) is 7.46. The van der Waals surface area contributed by atoms with E-state index in [0.29, 0.717) is 0 Å². The SMILES string of the molecule is O=C(O)C(=O)OC(F)(F)C(F)CCC(F)(F)F. The summed E-state index contributed by atoms with van der Waals surface area (Å²) in [5.41, 5.74) is 0. The monoisotopic (exact) mass is 268 g/mol. The number of carboxylic acids is 1. The number of hydrogen-bond acceptors (Lipinski definition) is 3. The zero-order chi connectivity index (χ0) is 13.9. The number of halogens is 6. The molecule has 100 valence electrons. The Bertz CT molecular complexity index is 299. The Kier molecular flexibility index (Phi) is 4.78. The molecule has 0 aliphatic carbocycles. The predicted molar refractivity (Wildman–Crippen MR) is 38.9 cm³/mol. The zero-order valence-electron chi connectivity index (χ0n) is 7.93. The van der Waals surface area contributed by atoms with Crippen molar-refractivity contribution in [1.29, 1.82) is 0 Å². The molecule has 4 nitrogen and oxygen atoms in total. The molecule has 0 aromatic heterocycles. The molecule has 17 heavy (non-hydrogen) atoms. The topological polar surface area (TPSA) is 63.6 Å². The van der Waals surface area contributed by atoms with Crippen molar-refractivity contribution in [2.24, 2.45) is 0 Å². The fraction of sp³-hybridized carbons (Fsp3) is 0.714. The molecule has 0 aromatic rings. The summed E-state index contributed by atoms with van der Waals surface area (Å²) in [4.78, 5) is 20.0. The second-order valence-corrected chi connectivity index (χ2v) is 2.88. The van der Waals surface area contributed by atoms with Crippen molar-refractivity contribution in [2.75, 3.05) is 0 Å². The van der Waals surface area contributed by atoms with Gasteiger partial charge in [0.05, 0.1) is 0 Å². The van der Waals surface area contributed by atoms with E-state index >= 15 is 0 Å². The fourth-order valence-corrected chi connectivity index (χ4v) is 0.690. The summed E-state index contributed by atoms with van der Waals surface area (Å²) < 4.78 is 75.4. The van der Waals surface area contributed by atoms with E-state index in [9.17, 15) is 35.9 Å². The van der Waals surface area contributed by atoms with Crippen LogP contribution in [0.5, 0.6) is 0 Å². The number of carbonyl (C=O) groups is 2. The van der Waals surface area contributed by atoms with Crippen LogP contribution in [0, 0.1) is 0 Å². The molecule has 0 radical (unpaired) electrons. The van der Waals surface area contributed by atoms with Crippen molar-refractivity contribution in [1.82, 2.24) is 0 Å². The van der Waals surface area contributed by atoms with Gasteiger partial charge in [-0.15, -0.1) is 0 Å². The Balaban J connectivity index is 4.39. The van der Waals surface area contributed by atoms with Crippen LogP contribution in [-0.2, 0) is 14.3 Å². The largest absolute Gasteiger partial charge is 0.473 e. The quantitative estimate of drug-likeness (QED) is 0.480. The lowest BCUT2D eigenvalue weighted by atomic mass is 10.2. The van der Waals surface area contributed by atoms with Gasteiger partial charge < -0.3 is 9.84 Å². The second kappa shape index (κ2) is 5.23. The highest BCUT2D eigenvalue weighted by Gasteiger charge is 2.47. The van der Waals surface area contributed by atoms with Gasteiger partial charge in [-0.3, -0.25) is 0 Å². The van der Waals surface area contributed by atoms with E-state index in [1.165, 1.54) is 0 Å². The maximum Gasteiger partial charge on any atom is 0.432 e. The molecule has 0 amide bonds. The Labute approximate surface area is 90.2 Å². The number of carbonyl (C=O) groups excluding carboxylic acids is 1. The maximum atomic E-state index is 12.6. The molecule has 0 saturated carbocycles. The average molecular weight is 268 g/mol. The van der Waals surface area contributed by atoms with E-state index in [2.05, 4.69) is 4.74 Å². The molecule has 0 saturated heterocycles. The summed E-state index contributed by atoms with van der Waals surface area (Å²) in [6.07, 6.45) is -16.7. The number of alkyl halides is 6. The van der Waals surface area contributed by atoms with E-state index in [1.54, 1.807) is 0 Å². The summed E-state index contributed by atoms with van der Waals surface area (Å²) in [7, 11) is 0. The van der Waals surface area contributed by atoms with Crippen LogP contribution in [0.2, 0.25) is 0 Å². The minimum Gasteiger partial charge on any atom is -0.473 e. The van der Waals surface area contributed by atoms with Gasteiger partial charge in [-0.1, -0.05) is 0 Å². The van der Waals surface area contributed by atoms with E-state index in [4.69, 9.17) is 5.11 Å². The highest BCUT2D eigenvalue weighted by molar-refractivity contribution is 6.28. The van der Waals surface area contributed by atoms with Gasteiger partial charge >= 0.3 is 24.2 Å². The molecule has 1 atom stereocenters. The van der Waals surface area contributed by atoms with Crippen LogP contribution in [-0.4, -0.2) is 35.5 Å². The van der Waals surface area contributed by atoms with Crippen molar-refractivity contribution >= 4 is 11.9 Å². The molecule has 0 rings (SSSR count). The van der Waals surface area contributed by atoms with Crippen LogP contribution >= 0.6 is 0 Å². The van der Waals surface area contributed by atoms with Gasteiger partial charge in [0.25, 0.3) is 0 Å². The van der Waals surface area contributed by atoms with Crippen molar-refractivity contribution < 1.29 is 45.8 Å². The lowest BCUT2D eigenvalue weighted by molar-refractivity contribution is -0.264. The second-order valence-electron chi connectivity index (χ2n) is 2.88. The van der Waals surface area contributed by atoms with Crippen LogP contribution in [0.3, 0.4) is 0 Å². The summed E-state index contributed by atoms with van der Waals surface area (Å²) in [6, 6.07) is 0. The molecule has 0 fully saturated rings. The molecule has 1 N–H and O–H groups in total. The van der Waals surface area contributed by atoms with E-state index in [-0.39, 0.29) is 0 Å². The highest BCUT2D eigenvalue weighted by atomic mass is 19.4. The van der Waals surface area contributed by atoms with Crippen LogP contribution < -0.4 is 0 Å². The first kappa shape index (κ1) is 15.5. The number of esters is 1. The van der Waals surface area contributed by atoms with Gasteiger partial charge in [0.2, 0.25) is 6.17 Å². The Morgan fingerprint density at radius 1 is 1.18 bits per heavy atom. The van der Waals surface area contributed by atoms with E-state index in [0.717, 1.165) is 0 Å². The van der Waals surface area contributed by atoms with E-state index in [1.807, 2.05) is 0 Å². The summed E-state index contributed by atoms with van der Waals surface area (Å²) in [5, 5.41) is 7.88. The Hall–Kier alpha value is -1.48. The van der Waals surface area contributed by atoms with Crippen LogP contribution in [0.4, 0.5) is 26.3 Å². The normalized spacial score (nSPS) is 14.2. The predicted octanol–water partition coefficient (Wildman–Crippen LogP) is 1.89. The van der Waals surface area contributed by atoms with Crippen LogP contribution in [0.25, 0.3) is 0 Å². The highest BCUT2D eigenvalue weighted by Crippen LogP contribution is 2.30. The first-order valence-corrected chi connectivity index (χ1v) is 4.00. The zero-order valence-corrected chi connectivity index (χ0v) is 7.93. The third kappa shape index (κ3) is 5.97. The molecule has 0 aromatic carbocycles. The molecule has 0 bridgehead atoms. The van der Waals surface area contributed by atoms with Crippen molar-refractivity contribution in [3.05, 3.63) is 0 Å². The lowest BCUT2D eigenvalue weighted by Gasteiger charge is -2.19. The first-order valence-electron chi connectivity index (χ1n) is 4.00.